The third kappa shape index (κ3) is 19.5. The third-order valence-electron chi connectivity index (χ3n) is 5.84. The Morgan fingerprint density at radius 2 is 1.03 bits per heavy atom. The highest BCUT2D eigenvalue weighted by Gasteiger charge is 2.32. The fourth-order valence-electron chi connectivity index (χ4n) is 3.36. The second-order valence-electron chi connectivity index (χ2n) is 10.9. The molecule has 4 unspecified atom stereocenters. The molecule has 13 heteroatoms. The molecule has 0 heterocycles. The summed E-state index contributed by atoms with van der Waals surface area (Å²) in [6, 6.07) is 1.80. The van der Waals surface area contributed by atoms with Gasteiger partial charge in [-0.2, -0.15) is 0 Å². The van der Waals surface area contributed by atoms with Crippen molar-refractivity contribution in [3.8, 4) is 0 Å². The fourth-order valence-corrected chi connectivity index (χ4v) is 14.7. The van der Waals surface area contributed by atoms with Gasteiger partial charge in [0.2, 0.25) is 8.77 Å². The summed E-state index contributed by atoms with van der Waals surface area (Å²) in [6.07, 6.45) is 3.31. The molecular formula is C26H50O7S4Si2. The number of carbonyl (C=O) groups excluding carboxylic acids is 2. The number of esters is 2. The Labute approximate surface area is 258 Å². The number of ether oxygens (including phenoxy) is 4. The van der Waals surface area contributed by atoms with E-state index in [1.165, 1.54) is 23.5 Å². The lowest BCUT2D eigenvalue weighted by Crippen LogP contribution is -2.44. The van der Waals surface area contributed by atoms with Crippen molar-refractivity contribution in [1.29, 1.82) is 0 Å². The Balaban J connectivity index is 4.30. The lowest BCUT2D eigenvalue weighted by Gasteiger charge is -2.34. The highest BCUT2D eigenvalue weighted by Crippen LogP contribution is 2.25. The van der Waals surface area contributed by atoms with E-state index in [0.29, 0.717) is 22.0 Å². The van der Waals surface area contributed by atoms with Gasteiger partial charge in [0.05, 0.1) is 25.4 Å². The lowest BCUT2D eigenvalue weighted by atomic mass is 10.3. The van der Waals surface area contributed by atoms with E-state index in [1.54, 1.807) is 13.8 Å². The minimum Gasteiger partial charge on any atom is -0.476 e. The van der Waals surface area contributed by atoms with Crippen LogP contribution in [0.5, 0.6) is 0 Å². The number of thioether (sulfide) groups is 2. The zero-order valence-electron chi connectivity index (χ0n) is 25.5. The summed E-state index contributed by atoms with van der Waals surface area (Å²) >= 11 is 12.9. The molecule has 0 amide bonds. The Morgan fingerprint density at radius 3 is 1.33 bits per heavy atom. The molecule has 7 nitrogen and oxygen atoms in total. The van der Waals surface area contributed by atoms with Crippen LogP contribution in [0.3, 0.4) is 0 Å². The van der Waals surface area contributed by atoms with E-state index in [0.717, 1.165) is 37.8 Å². The van der Waals surface area contributed by atoms with Gasteiger partial charge >= 0.3 is 11.9 Å². The maximum Gasteiger partial charge on any atom is 0.319 e. The van der Waals surface area contributed by atoms with E-state index in [-0.39, 0.29) is 24.1 Å². The van der Waals surface area contributed by atoms with Crippen molar-refractivity contribution in [2.45, 2.75) is 128 Å². The zero-order chi connectivity index (χ0) is 30.2. The minimum absolute atomic E-state index is 0.0372. The van der Waals surface area contributed by atoms with Crippen LogP contribution in [0, 0.1) is 0 Å². The summed E-state index contributed by atoms with van der Waals surface area (Å²) in [4.78, 5) is 24.6. The smallest absolute Gasteiger partial charge is 0.319 e. The van der Waals surface area contributed by atoms with Gasteiger partial charge < -0.3 is 23.1 Å². The van der Waals surface area contributed by atoms with E-state index < -0.39 is 27.1 Å². The van der Waals surface area contributed by atoms with Gasteiger partial charge in [-0.3, -0.25) is 9.59 Å². The molecule has 0 aliphatic heterocycles. The molecule has 0 bridgehead atoms. The molecule has 0 fully saturated rings. The Morgan fingerprint density at radius 1 is 0.692 bits per heavy atom. The molecule has 0 aromatic heterocycles. The Kier molecular flexibility index (Phi) is 19.8. The van der Waals surface area contributed by atoms with Crippen LogP contribution >= 0.6 is 48.0 Å². The average Bonchev–Trinajstić information content (AvgIpc) is 2.82. The van der Waals surface area contributed by atoms with Crippen LogP contribution in [0.25, 0.3) is 0 Å². The zero-order valence-corrected chi connectivity index (χ0v) is 30.7. The summed E-state index contributed by atoms with van der Waals surface area (Å²) in [5.74, 6) is -0.561. The van der Waals surface area contributed by atoms with Gasteiger partial charge in [0.25, 0.3) is 0 Å². The molecule has 0 N–H and O–H groups in total. The van der Waals surface area contributed by atoms with Crippen LogP contribution in [0.1, 0.15) is 67.2 Å². The molecule has 0 aromatic carbocycles. The molecule has 0 aliphatic carbocycles. The number of rotatable bonds is 18. The number of hydrogen-bond donors (Lipinski definition) is 0. The number of thiocarbonyl (C=S) groups is 2. The molecule has 0 rings (SSSR count). The van der Waals surface area contributed by atoms with Gasteiger partial charge in [0, 0.05) is 0 Å². The van der Waals surface area contributed by atoms with Crippen molar-refractivity contribution < 1.29 is 32.7 Å². The third-order valence-corrected chi connectivity index (χ3v) is 15.8. The molecule has 0 aromatic rings. The minimum atomic E-state index is -1.94. The molecule has 0 radical (unpaired) electrons. The van der Waals surface area contributed by atoms with E-state index in [2.05, 4.69) is 26.2 Å². The quantitative estimate of drug-likeness (QED) is 0.0628. The summed E-state index contributed by atoms with van der Waals surface area (Å²) in [7, 11) is -3.87. The van der Waals surface area contributed by atoms with Crippen molar-refractivity contribution in [3.63, 3.8) is 0 Å². The van der Waals surface area contributed by atoms with Gasteiger partial charge in [-0.25, -0.2) is 0 Å². The van der Waals surface area contributed by atoms with Gasteiger partial charge in [0.15, 0.2) is 16.6 Å². The molecule has 0 aliphatic rings. The van der Waals surface area contributed by atoms with Crippen molar-refractivity contribution in [3.05, 3.63) is 0 Å². The first-order valence-corrected chi connectivity index (χ1v) is 22.6. The van der Waals surface area contributed by atoms with Crippen LogP contribution < -0.4 is 0 Å². The summed E-state index contributed by atoms with van der Waals surface area (Å²) < 4.78 is 29.5. The van der Waals surface area contributed by atoms with Crippen molar-refractivity contribution >= 4 is 85.3 Å². The molecule has 39 heavy (non-hydrogen) atoms. The first-order valence-electron chi connectivity index (χ1n) is 13.8. The van der Waals surface area contributed by atoms with Gasteiger partial charge in [0.1, 0.15) is 10.5 Å². The predicted molar refractivity (Wildman–Crippen MR) is 178 cm³/mol. The number of hydrogen-bond acceptors (Lipinski definition) is 11. The Hall–Kier alpha value is -0.186. The SMILES string of the molecule is CCC(C)OC(=S)SC(C)C(=O)OCCC[Si](C)(C)O[Si](C)(C)CCCOC(=O)C(C)SC(=S)OC(C)CC. The molecule has 0 saturated carbocycles. The van der Waals surface area contributed by atoms with Gasteiger partial charge in [-0.15, -0.1) is 0 Å². The second kappa shape index (κ2) is 19.8. The molecule has 0 saturated heterocycles. The van der Waals surface area contributed by atoms with E-state index in [4.69, 9.17) is 47.5 Å². The lowest BCUT2D eigenvalue weighted by molar-refractivity contribution is -0.143. The molecule has 0 spiro atoms. The standard InChI is InChI=1S/C26H50O7S4Si2/c1-11-19(3)31-25(34)36-21(5)23(27)29-15-13-17-38(7,8)33-39(9,10)18-14-16-30-24(28)22(6)37-26(35)32-20(4)12-2/h19-22H,11-18H2,1-10H3. The molecule has 4 atom stereocenters. The van der Waals surface area contributed by atoms with E-state index in [1.807, 2.05) is 27.7 Å². The van der Waals surface area contributed by atoms with Gasteiger partial charge in [-0.05, 0) is 116 Å². The number of carbonyl (C=O) groups is 2. The van der Waals surface area contributed by atoms with Crippen LogP contribution in [0.2, 0.25) is 38.3 Å². The van der Waals surface area contributed by atoms with Gasteiger partial charge in [-0.1, -0.05) is 37.4 Å². The van der Waals surface area contributed by atoms with Crippen molar-refractivity contribution in [1.82, 2.24) is 0 Å². The van der Waals surface area contributed by atoms with Crippen LogP contribution in [0.15, 0.2) is 0 Å². The normalized spacial score (nSPS) is 15.0. The maximum atomic E-state index is 12.3. The highest BCUT2D eigenvalue weighted by atomic mass is 32.2. The summed E-state index contributed by atoms with van der Waals surface area (Å²) in [5, 5.41) is -0.806. The monoisotopic (exact) mass is 658 g/mol. The topological polar surface area (TPSA) is 80.3 Å². The maximum absolute atomic E-state index is 12.3. The van der Waals surface area contributed by atoms with Crippen LogP contribution in [-0.2, 0) is 32.7 Å². The first-order chi connectivity index (χ1) is 18.0. The molecule has 228 valence electrons. The molecular weight excluding hydrogens is 609 g/mol. The largest absolute Gasteiger partial charge is 0.476 e. The second-order valence-corrected chi connectivity index (χ2v) is 23.6. The average molecular weight is 659 g/mol. The summed E-state index contributed by atoms with van der Waals surface area (Å²) in [6.45, 7) is 21.1. The van der Waals surface area contributed by atoms with Crippen molar-refractivity contribution in [2.24, 2.45) is 0 Å². The summed E-state index contributed by atoms with van der Waals surface area (Å²) in [5.41, 5.74) is 0. The van der Waals surface area contributed by atoms with E-state index in [9.17, 15) is 9.59 Å². The van der Waals surface area contributed by atoms with Crippen LogP contribution in [0.4, 0.5) is 0 Å². The highest BCUT2D eigenvalue weighted by molar-refractivity contribution is 8.23. The van der Waals surface area contributed by atoms with Crippen molar-refractivity contribution in [2.75, 3.05) is 13.2 Å². The first kappa shape index (κ1) is 38.8. The predicted octanol–water partition coefficient (Wildman–Crippen LogP) is 7.72. The fraction of sp³-hybridized carbons (Fsp3) is 0.846. The Bertz CT molecular complexity index is 721. The van der Waals surface area contributed by atoms with E-state index >= 15 is 0 Å². The van der Waals surface area contributed by atoms with Crippen LogP contribution in [-0.4, -0.2) is 73.3 Å².